The quantitative estimate of drug-likeness (QED) is 0.0219. The lowest BCUT2D eigenvalue weighted by molar-refractivity contribution is -0.143. The predicted molar refractivity (Wildman–Crippen MR) is 278 cm³/mol. The molecule has 0 spiro atoms. The van der Waals surface area contributed by atoms with Crippen molar-refractivity contribution in [2.75, 3.05) is 31.1 Å². The van der Waals surface area contributed by atoms with Gasteiger partial charge in [-0.15, -0.1) is 0 Å². The monoisotopic (exact) mass is 1080 g/mol. The SMILES string of the molecule is NCC(=O)N[C@@H](CCCN=C(N)N)C(=O)N1CCC[C@H]1C(=O)NC(=O)[C@@H]1CSSC[C@H](N)C(=O)N[C@@H](Cc2ccccc2)CC(=O)N[C@@H](Cc2ccccc2)C(=O)N[C@@H](CCC(N)=O)C(=O)N[C@@H](CC(N)=O)C(=O)N1. The summed E-state index contributed by atoms with van der Waals surface area (Å²) in [5.74, 6) is -10.2. The fourth-order valence-electron chi connectivity index (χ4n) is 8.01. The Kier molecular flexibility index (Phi) is 24.7. The van der Waals surface area contributed by atoms with E-state index in [1.165, 1.54) is 4.90 Å². The van der Waals surface area contributed by atoms with Crippen molar-refractivity contribution < 1.29 is 52.7 Å². The third-order valence-corrected chi connectivity index (χ3v) is 14.2. The molecule has 11 amide bonds. The topological polar surface area (TPSA) is 444 Å². The van der Waals surface area contributed by atoms with Gasteiger partial charge in [0, 0.05) is 49.9 Å². The molecule has 408 valence electrons. The first kappa shape index (κ1) is 60.3. The van der Waals surface area contributed by atoms with Crippen LogP contribution in [0.1, 0.15) is 62.5 Å². The van der Waals surface area contributed by atoms with Gasteiger partial charge in [-0.1, -0.05) is 82.3 Å². The van der Waals surface area contributed by atoms with Crippen LogP contribution in [-0.4, -0.2) is 155 Å². The number of hydrogen-bond donors (Lipinski definition) is 13. The maximum Gasteiger partial charge on any atom is 0.250 e. The lowest BCUT2D eigenvalue weighted by atomic mass is 10.0. The van der Waals surface area contributed by atoms with Gasteiger partial charge in [-0.2, -0.15) is 0 Å². The summed E-state index contributed by atoms with van der Waals surface area (Å²) in [6, 6.07) is 6.82. The fourth-order valence-corrected chi connectivity index (χ4v) is 10.3. The van der Waals surface area contributed by atoms with Crippen molar-refractivity contribution in [3.05, 3.63) is 71.8 Å². The second kappa shape index (κ2) is 30.8. The predicted octanol–water partition coefficient (Wildman–Crippen LogP) is -4.72. The Morgan fingerprint density at radius 3 is 1.96 bits per heavy atom. The van der Waals surface area contributed by atoms with E-state index in [1.807, 2.05) is 0 Å². The molecule has 2 aromatic carbocycles. The fraction of sp³-hybridized carbons (Fsp3) is 0.489. The van der Waals surface area contributed by atoms with Gasteiger partial charge in [0.05, 0.1) is 19.0 Å². The highest BCUT2D eigenvalue weighted by atomic mass is 33.1. The third kappa shape index (κ3) is 20.9. The molecule has 2 heterocycles. The molecule has 2 aliphatic rings. The number of amides is 11. The number of rotatable bonds is 18. The molecule has 28 heteroatoms. The van der Waals surface area contributed by atoms with Gasteiger partial charge in [0.25, 0.3) is 0 Å². The van der Waals surface area contributed by atoms with Crippen LogP contribution in [0.4, 0.5) is 0 Å². The van der Waals surface area contributed by atoms with Gasteiger partial charge in [-0.3, -0.25) is 63.0 Å². The van der Waals surface area contributed by atoms with E-state index < -0.39 is 139 Å². The van der Waals surface area contributed by atoms with Gasteiger partial charge in [-0.05, 0) is 49.7 Å². The summed E-state index contributed by atoms with van der Waals surface area (Å²) in [6.45, 7) is -0.218. The van der Waals surface area contributed by atoms with Crippen molar-refractivity contribution in [2.45, 2.75) is 113 Å². The first-order chi connectivity index (χ1) is 35.7. The average Bonchev–Trinajstić information content (AvgIpc) is 3.86. The highest BCUT2D eigenvalue weighted by molar-refractivity contribution is 8.76. The minimum absolute atomic E-state index is 0.0682. The van der Waals surface area contributed by atoms with Crippen molar-refractivity contribution in [3.63, 3.8) is 0 Å². The molecule has 4 rings (SSSR count). The maximum absolute atomic E-state index is 14.2. The van der Waals surface area contributed by atoms with E-state index in [2.05, 4.69) is 42.2 Å². The molecule has 0 unspecified atom stereocenters. The number of guanidine groups is 1. The van der Waals surface area contributed by atoms with Crippen molar-refractivity contribution in [1.82, 2.24) is 42.1 Å². The number of hydrogen-bond acceptors (Lipinski definition) is 16. The third-order valence-electron chi connectivity index (χ3n) is 11.8. The van der Waals surface area contributed by atoms with Crippen LogP contribution in [0.3, 0.4) is 0 Å². The molecule has 2 aliphatic heterocycles. The Morgan fingerprint density at radius 1 is 0.720 bits per heavy atom. The number of carbonyl (C=O) groups is 11. The zero-order chi connectivity index (χ0) is 55.0. The summed E-state index contributed by atoms with van der Waals surface area (Å²) < 4.78 is 0. The van der Waals surface area contributed by atoms with E-state index in [1.54, 1.807) is 60.7 Å². The van der Waals surface area contributed by atoms with Crippen molar-refractivity contribution in [1.29, 1.82) is 0 Å². The zero-order valence-electron chi connectivity index (χ0n) is 41.2. The number of nitrogens with two attached hydrogens (primary N) is 6. The van der Waals surface area contributed by atoms with Gasteiger partial charge in [0.1, 0.15) is 36.3 Å². The smallest absolute Gasteiger partial charge is 0.250 e. The lowest BCUT2D eigenvalue weighted by Gasteiger charge is -2.29. The number of aliphatic imine (C=N–C) groups is 1. The number of imide groups is 1. The number of benzene rings is 2. The van der Waals surface area contributed by atoms with Crippen LogP contribution in [0.25, 0.3) is 0 Å². The number of carbonyl (C=O) groups excluding carboxylic acids is 11. The Hall–Kier alpha value is -7.30. The van der Waals surface area contributed by atoms with Crippen LogP contribution in [0.2, 0.25) is 0 Å². The standard InChI is InChI=1S/C47H67N15O11S2/c48-23-39(66)56-31(13-7-17-54-47(52)53)46(73)62-18-8-14-35(62)45(72)61-44(71)34-25-75-74-24-29(49)40(67)55-28(19-26-9-3-1-4-10-26)21-38(65)57-32(20-27-11-5-2-6-12-27)42(69)58-30(15-16-36(50)63)41(68)59-33(22-37(51)64)43(70)60-34/h1-6,9-12,28-35H,7-8,13-25,48-49H2,(H2,50,63)(H2,51,64)(H,55,67)(H,56,66)(H,57,65)(H,58,69)(H,59,68)(H,60,70)(H4,52,53,54)(H,61,71,72)/t28-,29-,30-,31-,32-,33-,34-,35-/m0/s1. The van der Waals surface area contributed by atoms with Crippen LogP contribution < -0.4 is 71.6 Å². The average molecular weight is 1080 g/mol. The van der Waals surface area contributed by atoms with E-state index in [0.29, 0.717) is 12.0 Å². The number of nitrogens with one attached hydrogen (secondary N) is 7. The van der Waals surface area contributed by atoms with Gasteiger partial charge in [0.2, 0.25) is 65.0 Å². The van der Waals surface area contributed by atoms with Crippen molar-refractivity contribution in [3.8, 4) is 0 Å². The van der Waals surface area contributed by atoms with Crippen LogP contribution in [0, 0.1) is 0 Å². The van der Waals surface area contributed by atoms with Crippen LogP contribution in [-0.2, 0) is 65.6 Å². The lowest BCUT2D eigenvalue weighted by Crippen LogP contribution is -2.60. The van der Waals surface area contributed by atoms with E-state index >= 15 is 0 Å². The molecular formula is C47H67N15O11S2. The Bertz CT molecular complexity index is 2380. The summed E-state index contributed by atoms with van der Waals surface area (Å²) in [5.41, 5.74) is 35.0. The summed E-state index contributed by atoms with van der Waals surface area (Å²) in [5, 5.41) is 17.7. The largest absolute Gasteiger partial charge is 0.370 e. The Balaban J connectivity index is 1.67. The molecule has 0 radical (unpaired) electrons. The normalized spacial score (nSPS) is 22.8. The minimum Gasteiger partial charge on any atom is -0.370 e. The molecule has 2 fully saturated rings. The van der Waals surface area contributed by atoms with Gasteiger partial charge < -0.3 is 71.2 Å². The Labute approximate surface area is 440 Å². The molecule has 26 nitrogen and oxygen atoms in total. The Morgan fingerprint density at radius 2 is 1.33 bits per heavy atom. The highest BCUT2D eigenvalue weighted by Gasteiger charge is 2.40. The summed E-state index contributed by atoms with van der Waals surface area (Å²) in [6.07, 6.45) is -1.13. The highest BCUT2D eigenvalue weighted by Crippen LogP contribution is 2.24. The second-order valence-corrected chi connectivity index (χ2v) is 20.3. The molecule has 19 N–H and O–H groups in total. The van der Waals surface area contributed by atoms with E-state index in [0.717, 1.165) is 27.2 Å². The second-order valence-electron chi connectivity index (χ2n) is 17.8. The number of likely N-dealkylation sites (tertiary alicyclic amines) is 1. The van der Waals surface area contributed by atoms with Crippen molar-refractivity contribution in [2.24, 2.45) is 39.4 Å². The van der Waals surface area contributed by atoms with Crippen molar-refractivity contribution >= 4 is 92.5 Å². The van der Waals surface area contributed by atoms with Gasteiger partial charge in [0.15, 0.2) is 5.96 Å². The van der Waals surface area contributed by atoms with E-state index in [9.17, 15) is 52.7 Å². The molecular weight excluding hydrogens is 1010 g/mol. The molecule has 0 aliphatic carbocycles. The molecule has 8 atom stereocenters. The van der Waals surface area contributed by atoms with Crippen LogP contribution in [0.15, 0.2) is 65.7 Å². The van der Waals surface area contributed by atoms with E-state index in [-0.39, 0.29) is 69.1 Å². The molecule has 0 saturated carbocycles. The maximum atomic E-state index is 14.2. The van der Waals surface area contributed by atoms with E-state index in [4.69, 9.17) is 34.4 Å². The summed E-state index contributed by atoms with van der Waals surface area (Å²) in [7, 11) is 1.99. The first-order valence-corrected chi connectivity index (χ1v) is 26.6. The minimum atomic E-state index is -1.81. The van der Waals surface area contributed by atoms with Gasteiger partial charge >= 0.3 is 0 Å². The van der Waals surface area contributed by atoms with Gasteiger partial charge in [-0.25, -0.2) is 0 Å². The molecule has 0 aromatic heterocycles. The zero-order valence-corrected chi connectivity index (χ0v) is 42.8. The molecule has 2 aromatic rings. The summed E-state index contributed by atoms with van der Waals surface area (Å²) >= 11 is 0. The summed E-state index contributed by atoms with van der Waals surface area (Å²) in [4.78, 5) is 154. The van der Waals surface area contributed by atoms with Crippen LogP contribution >= 0.6 is 21.6 Å². The van der Waals surface area contributed by atoms with Crippen LogP contribution in [0.5, 0.6) is 0 Å². The molecule has 75 heavy (non-hydrogen) atoms. The number of nitrogens with zero attached hydrogens (tertiary/aromatic N) is 2. The molecule has 0 bridgehead atoms. The first-order valence-electron chi connectivity index (χ1n) is 24.1. The number of primary amides is 2. The molecule has 2 saturated heterocycles.